The highest BCUT2D eigenvalue weighted by molar-refractivity contribution is 5.22. The second-order valence-electron chi connectivity index (χ2n) is 2.94. The van der Waals surface area contributed by atoms with Crippen molar-refractivity contribution >= 4 is 0 Å². The molecule has 2 atom stereocenters. The van der Waals surface area contributed by atoms with Crippen LogP contribution in [-0.2, 0) is 0 Å². The van der Waals surface area contributed by atoms with Crippen molar-refractivity contribution in [1.82, 2.24) is 4.98 Å². The van der Waals surface area contributed by atoms with E-state index in [0.717, 1.165) is 11.3 Å². The Morgan fingerprint density at radius 3 is 2.75 bits per heavy atom. The Morgan fingerprint density at radius 2 is 2.25 bits per heavy atom. The van der Waals surface area contributed by atoms with Gasteiger partial charge < -0.3 is 10.8 Å². The summed E-state index contributed by atoms with van der Waals surface area (Å²) in [5.41, 5.74) is 7.54. The first-order valence-corrected chi connectivity index (χ1v) is 3.98. The maximum absolute atomic E-state index is 9.25. The molecular weight excluding hydrogens is 152 g/mol. The first kappa shape index (κ1) is 9.16. The van der Waals surface area contributed by atoms with E-state index in [9.17, 15) is 5.11 Å². The number of aliphatic hydroxyl groups is 1. The molecule has 1 aromatic rings. The molecule has 3 heteroatoms. The first-order valence-electron chi connectivity index (χ1n) is 3.98. The normalized spacial score (nSPS) is 15.7. The van der Waals surface area contributed by atoms with E-state index in [1.165, 1.54) is 0 Å². The number of pyridine rings is 1. The Bertz CT molecular complexity index is 260. The van der Waals surface area contributed by atoms with E-state index < -0.39 is 6.10 Å². The van der Waals surface area contributed by atoms with Gasteiger partial charge in [0, 0.05) is 11.9 Å². The van der Waals surface area contributed by atoms with E-state index in [1.807, 2.05) is 19.1 Å². The second-order valence-corrected chi connectivity index (χ2v) is 2.94. The van der Waals surface area contributed by atoms with Gasteiger partial charge in [-0.2, -0.15) is 0 Å². The minimum absolute atomic E-state index is 0.335. The van der Waals surface area contributed by atoms with Gasteiger partial charge in [0.25, 0.3) is 0 Å². The van der Waals surface area contributed by atoms with Crippen molar-refractivity contribution in [3.8, 4) is 0 Å². The monoisotopic (exact) mass is 166 g/mol. The summed E-state index contributed by atoms with van der Waals surface area (Å²) in [6.45, 7) is 3.56. The Kier molecular flexibility index (Phi) is 2.78. The van der Waals surface area contributed by atoms with Gasteiger partial charge in [-0.05, 0) is 25.5 Å². The molecule has 1 aromatic heterocycles. The molecule has 0 bridgehead atoms. The second kappa shape index (κ2) is 3.65. The maximum Gasteiger partial charge on any atom is 0.0705 e. The predicted molar refractivity (Wildman–Crippen MR) is 47.6 cm³/mol. The molecule has 0 amide bonds. The van der Waals surface area contributed by atoms with Crippen LogP contribution in [0, 0.1) is 6.92 Å². The summed E-state index contributed by atoms with van der Waals surface area (Å²) in [6, 6.07) is 3.38. The molecule has 0 aliphatic carbocycles. The molecule has 0 radical (unpaired) electrons. The first-order chi connectivity index (χ1) is 5.63. The lowest BCUT2D eigenvalue weighted by molar-refractivity contribution is 0.164. The number of nitrogens with zero attached hydrogens (tertiary/aromatic N) is 1. The van der Waals surface area contributed by atoms with Crippen LogP contribution in [0.25, 0.3) is 0 Å². The summed E-state index contributed by atoms with van der Waals surface area (Å²) in [5, 5.41) is 9.25. The third kappa shape index (κ3) is 1.81. The van der Waals surface area contributed by atoms with Crippen molar-refractivity contribution in [3.63, 3.8) is 0 Å². The molecule has 2 unspecified atom stereocenters. The van der Waals surface area contributed by atoms with Crippen molar-refractivity contribution in [2.75, 3.05) is 0 Å². The largest absolute Gasteiger partial charge is 0.391 e. The van der Waals surface area contributed by atoms with E-state index >= 15 is 0 Å². The summed E-state index contributed by atoms with van der Waals surface area (Å²) in [4.78, 5) is 4.09. The smallest absolute Gasteiger partial charge is 0.0705 e. The number of aryl methyl sites for hydroxylation is 1. The van der Waals surface area contributed by atoms with Crippen LogP contribution in [0.2, 0.25) is 0 Å². The minimum atomic E-state index is -0.534. The fraction of sp³-hybridized carbons (Fsp3) is 0.444. The van der Waals surface area contributed by atoms with Crippen molar-refractivity contribution < 1.29 is 5.11 Å². The molecule has 3 N–H and O–H groups in total. The summed E-state index contributed by atoms with van der Waals surface area (Å²) in [5.74, 6) is 0. The number of hydrogen-bond acceptors (Lipinski definition) is 3. The predicted octanol–water partition coefficient (Wildman–Crippen LogP) is 0.771. The molecule has 66 valence electrons. The molecule has 0 aliphatic heterocycles. The van der Waals surface area contributed by atoms with Gasteiger partial charge in [-0.25, -0.2) is 0 Å². The standard InChI is InChI=1S/C9H14N2O/c1-6-8(4-3-5-11-6)9(10)7(2)12/h3-5,7,9,12H,10H2,1-2H3. The molecule has 0 spiro atoms. The molecule has 0 aromatic carbocycles. The fourth-order valence-electron chi connectivity index (χ4n) is 1.11. The molecule has 1 heterocycles. The van der Waals surface area contributed by atoms with Crippen LogP contribution < -0.4 is 5.73 Å². The van der Waals surface area contributed by atoms with E-state index in [-0.39, 0.29) is 6.04 Å². The Balaban J connectivity index is 2.94. The summed E-state index contributed by atoms with van der Waals surface area (Å²) < 4.78 is 0. The van der Waals surface area contributed by atoms with Gasteiger partial charge in [-0.3, -0.25) is 4.98 Å². The summed E-state index contributed by atoms with van der Waals surface area (Å²) >= 11 is 0. The number of nitrogens with two attached hydrogens (primary N) is 1. The summed E-state index contributed by atoms with van der Waals surface area (Å²) in [6.07, 6.45) is 1.18. The molecule has 0 aliphatic rings. The SMILES string of the molecule is Cc1ncccc1C(N)C(C)O. The number of aliphatic hydroxyl groups excluding tert-OH is 1. The van der Waals surface area contributed by atoms with E-state index in [0.29, 0.717) is 0 Å². The average Bonchev–Trinajstić information content (AvgIpc) is 2.04. The number of aromatic nitrogens is 1. The topological polar surface area (TPSA) is 59.1 Å². The molecule has 0 fully saturated rings. The van der Waals surface area contributed by atoms with Gasteiger partial charge >= 0.3 is 0 Å². The van der Waals surface area contributed by atoms with Gasteiger partial charge in [0.2, 0.25) is 0 Å². The highest BCUT2D eigenvalue weighted by atomic mass is 16.3. The van der Waals surface area contributed by atoms with E-state index in [4.69, 9.17) is 5.73 Å². The van der Waals surface area contributed by atoms with Crippen molar-refractivity contribution in [2.24, 2.45) is 5.73 Å². The fourth-order valence-corrected chi connectivity index (χ4v) is 1.11. The van der Waals surface area contributed by atoms with Gasteiger partial charge in [0.05, 0.1) is 12.1 Å². The van der Waals surface area contributed by atoms with Crippen molar-refractivity contribution in [1.29, 1.82) is 0 Å². The lowest BCUT2D eigenvalue weighted by atomic mass is 10.0. The third-order valence-corrected chi connectivity index (χ3v) is 1.93. The van der Waals surface area contributed by atoms with Crippen molar-refractivity contribution in [2.45, 2.75) is 26.0 Å². The zero-order chi connectivity index (χ0) is 9.14. The quantitative estimate of drug-likeness (QED) is 0.682. The van der Waals surface area contributed by atoms with Gasteiger partial charge in [-0.15, -0.1) is 0 Å². The van der Waals surface area contributed by atoms with E-state index in [2.05, 4.69) is 4.98 Å². The molecule has 1 rings (SSSR count). The Labute approximate surface area is 72.2 Å². The summed E-state index contributed by atoms with van der Waals surface area (Å²) in [7, 11) is 0. The lowest BCUT2D eigenvalue weighted by Gasteiger charge is -2.16. The maximum atomic E-state index is 9.25. The van der Waals surface area contributed by atoms with Gasteiger partial charge in [-0.1, -0.05) is 6.07 Å². The average molecular weight is 166 g/mol. The van der Waals surface area contributed by atoms with Gasteiger partial charge in [0.1, 0.15) is 0 Å². The van der Waals surface area contributed by atoms with Crippen LogP contribution >= 0.6 is 0 Å². The van der Waals surface area contributed by atoms with Crippen LogP contribution in [0.5, 0.6) is 0 Å². The number of rotatable bonds is 2. The molecule has 12 heavy (non-hydrogen) atoms. The molecule has 3 nitrogen and oxygen atoms in total. The van der Waals surface area contributed by atoms with Crippen LogP contribution in [-0.4, -0.2) is 16.2 Å². The molecular formula is C9H14N2O. The van der Waals surface area contributed by atoms with Gasteiger partial charge in [0.15, 0.2) is 0 Å². The van der Waals surface area contributed by atoms with Crippen LogP contribution in [0.3, 0.4) is 0 Å². The zero-order valence-corrected chi connectivity index (χ0v) is 7.36. The lowest BCUT2D eigenvalue weighted by Crippen LogP contribution is -2.24. The van der Waals surface area contributed by atoms with E-state index in [1.54, 1.807) is 13.1 Å². The Morgan fingerprint density at radius 1 is 1.58 bits per heavy atom. The highest BCUT2D eigenvalue weighted by Crippen LogP contribution is 2.15. The van der Waals surface area contributed by atoms with Crippen LogP contribution in [0.15, 0.2) is 18.3 Å². The van der Waals surface area contributed by atoms with Crippen molar-refractivity contribution in [3.05, 3.63) is 29.6 Å². The zero-order valence-electron chi connectivity index (χ0n) is 7.36. The number of hydrogen-bond donors (Lipinski definition) is 2. The molecule has 0 saturated carbocycles. The third-order valence-electron chi connectivity index (χ3n) is 1.93. The Hall–Kier alpha value is -0.930. The highest BCUT2D eigenvalue weighted by Gasteiger charge is 2.13. The van der Waals surface area contributed by atoms with Crippen LogP contribution in [0.1, 0.15) is 24.2 Å². The molecule has 0 saturated heterocycles. The minimum Gasteiger partial charge on any atom is -0.391 e. The van der Waals surface area contributed by atoms with Crippen LogP contribution in [0.4, 0.5) is 0 Å².